The molecule has 24 heavy (non-hydrogen) atoms. The molecule has 10 heteroatoms. The van der Waals surface area contributed by atoms with Crippen molar-refractivity contribution in [2.24, 2.45) is 5.73 Å². The number of rotatable bonds is 15. The van der Waals surface area contributed by atoms with Crippen LogP contribution in [0.5, 0.6) is 0 Å². The Kier molecular flexibility index (Phi) is 16.5. The zero-order valence-corrected chi connectivity index (χ0v) is 13.5. The highest BCUT2D eigenvalue weighted by atomic mass is 19.1. The second-order valence-electron chi connectivity index (χ2n) is 4.25. The summed E-state index contributed by atoms with van der Waals surface area (Å²) in [6.07, 6.45) is -0.213. The Morgan fingerprint density at radius 3 is 2.00 bits per heavy atom. The van der Waals surface area contributed by atoms with Gasteiger partial charge in [-0.05, 0) is 0 Å². The highest BCUT2D eigenvalue weighted by Gasteiger charge is 2.02. The fourth-order valence-corrected chi connectivity index (χ4v) is 1.21. The SMILES string of the molecule is NCC(F)COCCOCCOCCOCCOC#CNC(=O)O. The first-order chi connectivity index (χ1) is 11.7. The third kappa shape index (κ3) is 18.4. The number of amides is 1. The molecule has 1 atom stereocenters. The Balaban J connectivity index is 3.10. The van der Waals surface area contributed by atoms with Gasteiger partial charge in [-0.2, -0.15) is 0 Å². The highest BCUT2D eigenvalue weighted by molar-refractivity contribution is 5.66. The van der Waals surface area contributed by atoms with Crippen molar-refractivity contribution in [1.29, 1.82) is 0 Å². The average Bonchev–Trinajstić information content (AvgIpc) is 2.57. The smallest absolute Gasteiger partial charge is 0.416 e. The van der Waals surface area contributed by atoms with Crippen molar-refractivity contribution < 1.29 is 38.0 Å². The van der Waals surface area contributed by atoms with E-state index in [2.05, 4.69) is 12.2 Å². The van der Waals surface area contributed by atoms with Gasteiger partial charge in [0.1, 0.15) is 18.9 Å². The van der Waals surface area contributed by atoms with Crippen molar-refractivity contribution in [2.75, 3.05) is 66.0 Å². The molecule has 1 unspecified atom stereocenters. The molecule has 0 spiro atoms. The minimum absolute atomic E-state index is 0.0148. The van der Waals surface area contributed by atoms with E-state index in [1.54, 1.807) is 0 Å². The second-order valence-corrected chi connectivity index (χ2v) is 4.25. The van der Waals surface area contributed by atoms with Crippen LogP contribution in [0.2, 0.25) is 0 Å². The molecular formula is C14H25FN2O7. The number of ether oxygens (including phenoxy) is 5. The van der Waals surface area contributed by atoms with Gasteiger partial charge >= 0.3 is 6.09 Å². The number of nitrogens with one attached hydrogen (secondary N) is 1. The van der Waals surface area contributed by atoms with Crippen LogP contribution in [0, 0.1) is 12.2 Å². The molecule has 4 N–H and O–H groups in total. The van der Waals surface area contributed by atoms with Crippen molar-refractivity contribution in [1.82, 2.24) is 5.32 Å². The molecule has 0 radical (unpaired) electrons. The van der Waals surface area contributed by atoms with Gasteiger partial charge in [0.25, 0.3) is 0 Å². The first-order valence-corrected chi connectivity index (χ1v) is 7.42. The standard InChI is InChI=1S/C14H25FN2O7/c15-13(11-16)12-24-10-9-23-8-7-22-6-5-21-4-3-20-2-1-17-14(18)19/h13,17H,3-12,16H2,(H,18,19). The lowest BCUT2D eigenvalue weighted by molar-refractivity contribution is -0.0103. The Hall–Kier alpha value is -1.64. The van der Waals surface area contributed by atoms with E-state index < -0.39 is 12.3 Å². The van der Waals surface area contributed by atoms with E-state index in [0.717, 1.165) is 0 Å². The van der Waals surface area contributed by atoms with E-state index in [1.165, 1.54) is 0 Å². The lowest BCUT2D eigenvalue weighted by Gasteiger charge is -2.08. The predicted octanol–water partition coefficient (Wildman–Crippen LogP) is -0.448. The normalized spacial score (nSPS) is 11.4. The molecule has 9 nitrogen and oxygen atoms in total. The number of carbonyl (C=O) groups is 1. The number of carboxylic acid groups (broad SMARTS) is 1. The molecule has 0 aromatic carbocycles. The van der Waals surface area contributed by atoms with Gasteiger partial charge < -0.3 is 34.5 Å². The van der Waals surface area contributed by atoms with Crippen LogP contribution in [-0.2, 0) is 23.7 Å². The van der Waals surface area contributed by atoms with Crippen molar-refractivity contribution in [3.05, 3.63) is 0 Å². The van der Waals surface area contributed by atoms with E-state index in [-0.39, 0.29) is 19.8 Å². The summed E-state index contributed by atoms with van der Waals surface area (Å²) in [5.74, 6) is 0. The summed E-state index contributed by atoms with van der Waals surface area (Å²) >= 11 is 0. The van der Waals surface area contributed by atoms with Gasteiger partial charge in [0.15, 0.2) is 0 Å². The van der Waals surface area contributed by atoms with Crippen molar-refractivity contribution in [3.63, 3.8) is 0 Å². The highest BCUT2D eigenvalue weighted by Crippen LogP contribution is 1.89. The quantitative estimate of drug-likeness (QED) is 0.206. The van der Waals surface area contributed by atoms with Crippen LogP contribution in [0.1, 0.15) is 0 Å². The minimum Gasteiger partial charge on any atom is -0.464 e. The van der Waals surface area contributed by atoms with Crippen LogP contribution in [0.4, 0.5) is 9.18 Å². The lowest BCUT2D eigenvalue weighted by atomic mass is 10.4. The summed E-state index contributed by atoms with van der Waals surface area (Å²) in [7, 11) is 0. The molecule has 0 aliphatic carbocycles. The Morgan fingerprint density at radius 2 is 1.50 bits per heavy atom. The minimum atomic E-state index is -1.24. The van der Waals surface area contributed by atoms with E-state index in [1.807, 2.05) is 5.32 Å². The molecule has 0 aromatic rings. The fraction of sp³-hybridized carbons (Fsp3) is 0.786. The zero-order chi connectivity index (χ0) is 17.9. The average molecular weight is 352 g/mol. The molecule has 0 rings (SSSR count). The van der Waals surface area contributed by atoms with Gasteiger partial charge in [-0.3, -0.25) is 0 Å². The van der Waals surface area contributed by atoms with Crippen LogP contribution in [-0.4, -0.2) is 83.4 Å². The number of hydrogen-bond donors (Lipinski definition) is 3. The zero-order valence-electron chi connectivity index (χ0n) is 13.5. The fourth-order valence-electron chi connectivity index (χ4n) is 1.21. The molecule has 0 aliphatic rings. The molecule has 0 saturated heterocycles. The first kappa shape index (κ1) is 22.4. The van der Waals surface area contributed by atoms with Crippen LogP contribution < -0.4 is 11.1 Å². The molecule has 140 valence electrons. The summed E-state index contributed by atoms with van der Waals surface area (Å²) < 4.78 is 38.1. The van der Waals surface area contributed by atoms with Gasteiger partial charge in [0.05, 0.1) is 58.9 Å². The van der Waals surface area contributed by atoms with E-state index >= 15 is 0 Å². The number of alkyl halides is 1. The number of hydrogen-bond acceptors (Lipinski definition) is 7. The molecule has 0 aliphatic heterocycles. The third-order valence-corrected chi connectivity index (χ3v) is 2.29. The summed E-state index contributed by atoms with van der Waals surface area (Å²) in [5.41, 5.74) is 5.10. The topological polar surface area (TPSA) is 122 Å². The maximum atomic E-state index is 12.7. The van der Waals surface area contributed by atoms with Crippen LogP contribution in [0.15, 0.2) is 0 Å². The van der Waals surface area contributed by atoms with Crippen molar-refractivity contribution in [3.8, 4) is 12.2 Å². The Labute approximate surface area is 140 Å². The molecule has 1 amide bonds. The summed E-state index contributed by atoms with van der Waals surface area (Å²) in [5, 5.41) is 10.0. The van der Waals surface area contributed by atoms with E-state index in [0.29, 0.717) is 46.2 Å². The predicted molar refractivity (Wildman–Crippen MR) is 82.1 cm³/mol. The van der Waals surface area contributed by atoms with Gasteiger partial charge in [-0.15, -0.1) is 0 Å². The van der Waals surface area contributed by atoms with Gasteiger partial charge in [0.2, 0.25) is 0 Å². The lowest BCUT2D eigenvalue weighted by Crippen LogP contribution is -2.22. The van der Waals surface area contributed by atoms with Crippen molar-refractivity contribution >= 4 is 6.09 Å². The van der Waals surface area contributed by atoms with Gasteiger partial charge in [-0.1, -0.05) is 0 Å². The van der Waals surface area contributed by atoms with Gasteiger partial charge in [-0.25, -0.2) is 14.5 Å². The maximum absolute atomic E-state index is 12.7. The van der Waals surface area contributed by atoms with E-state index in [4.69, 9.17) is 34.5 Å². The summed E-state index contributed by atoms with van der Waals surface area (Å²) in [6.45, 7) is 2.79. The van der Waals surface area contributed by atoms with Crippen LogP contribution in [0.3, 0.4) is 0 Å². The molecule has 0 saturated carbocycles. The van der Waals surface area contributed by atoms with E-state index in [9.17, 15) is 9.18 Å². The number of nitrogens with two attached hydrogens (primary N) is 1. The van der Waals surface area contributed by atoms with Gasteiger partial charge in [0, 0.05) is 6.54 Å². The summed E-state index contributed by atoms with van der Waals surface area (Å²) in [4.78, 5) is 10.0. The number of halogens is 1. The van der Waals surface area contributed by atoms with Crippen LogP contribution >= 0.6 is 0 Å². The van der Waals surface area contributed by atoms with Crippen LogP contribution in [0.25, 0.3) is 0 Å². The Bertz CT molecular complexity index is 363. The monoisotopic (exact) mass is 352 g/mol. The summed E-state index contributed by atoms with van der Waals surface area (Å²) in [6, 6.07) is 2.09. The molecule has 0 heterocycles. The molecule has 0 bridgehead atoms. The largest absolute Gasteiger partial charge is 0.464 e. The second kappa shape index (κ2) is 17.7. The first-order valence-electron chi connectivity index (χ1n) is 7.42. The molecule has 0 aromatic heterocycles. The molecule has 0 fully saturated rings. The van der Waals surface area contributed by atoms with Crippen molar-refractivity contribution in [2.45, 2.75) is 6.17 Å². The third-order valence-electron chi connectivity index (χ3n) is 2.29. The maximum Gasteiger partial charge on any atom is 0.416 e. The molecular weight excluding hydrogens is 327 g/mol. The Morgan fingerprint density at radius 1 is 1.00 bits per heavy atom.